The Labute approximate surface area is 198 Å². The van der Waals surface area contributed by atoms with Crippen molar-refractivity contribution in [3.8, 4) is 11.5 Å². The van der Waals surface area contributed by atoms with E-state index in [2.05, 4.69) is 5.32 Å². The number of halogens is 2. The van der Waals surface area contributed by atoms with E-state index in [9.17, 15) is 23.2 Å². The van der Waals surface area contributed by atoms with Crippen molar-refractivity contribution in [2.24, 2.45) is 0 Å². The number of benzene rings is 2. The summed E-state index contributed by atoms with van der Waals surface area (Å²) in [5, 5.41) is 1.46. The first-order chi connectivity index (χ1) is 16.2. The molecule has 0 spiro atoms. The summed E-state index contributed by atoms with van der Waals surface area (Å²) in [4.78, 5) is 37.7. The van der Waals surface area contributed by atoms with Crippen molar-refractivity contribution >= 4 is 28.8 Å². The average Bonchev–Trinajstić information content (AvgIpc) is 3.13. The number of fused-ring (bicyclic) bond motifs is 2. The Hall–Kier alpha value is -3.14. The van der Waals surface area contributed by atoms with Gasteiger partial charge in [-0.05, 0) is 24.1 Å². The van der Waals surface area contributed by atoms with Crippen LogP contribution in [0.2, 0.25) is 0 Å². The van der Waals surface area contributed by atoms with Crippen LogP contribution in [-0.2, 0) is 4.79 Å². The van der Waals surface area contributed by atoms with Gasteiger partial charge in [-0.3, -0.25) is 19.7 Å². The van der Waals surface area contributed by atoms with Gasteiger partial charge in [0.25, 0.3) is 17.1 Å². The molecular weight excluding hydrogens is 466 g/mol. The molecule has 2 aromatic rings. The molecule has 0 radical (unpaired) electrons. The summed E-state index contributed by atoms with van der Waals surface area (Å²) in [6.07, 6.45) is -0.0355. The number of imide groups is 1. The number of nitrogens with zero attached hydrogens (tertiary/aromatic N) is 1. The van der Waals surface area contributed by atoms with Gasteiger partial charge in [-0.2, -0.15) is 0 Å². The molecule has 2 unspecified atom stereocenters. The highest BCUT2D eigenvalue weighted by atomic mass is 32.2. The van der Waals surface area contributed by atoms with Gasteiger partial charge in [-0.25, -0.2) is 8.78 Å². The zero-order chi connectivity index (χ0) is 24.0. The molecule has 5 rings (SSSR count). The summed E-state index contributed by atoms with van der Waals surface area (Å²) >= 11 is 0.988. The molecule has 10 heteroatoms. The normalized spacial score (nSPS) is 24.3. The van der Waals surface area contributed by atoms with E-state index < -0.39 is 29.7 Å². The Morgan fingerprint density at radius 1 is 1.18 bits per heavy atom. The van der Waals surface area contributed by atoms with E-state index in [1.165, 1.54) is 0 Å². The second-order valence-corrected chi connectivity index (χ2v) is 9.82. The maximum Gasteiger partial charge on any atom is 0.286 e. The van der Waals surface area contributed by atoms with Gasteiger partial charge in [0.1, 0.15) is 22.9 Å². The van der Waals surface area contributed by atoms with E-state index in [-0.39, 0.29) is 23.6 Å². The molecule has 3 aliphatic heterocycles. The lowest BCUT2D eigenvalue weighted by Gasteiger charge is -2.35. The minimum Gasteiger partial charge on any atom is -0.493 e. The minimum atomic E-state index is -3.03. The van der Waals surface area contributed by atoms with Gasteiger partial charge < -0.3 is 14.4 Å². The van der Waals surface area contributed by atoms with Crippen molar-refractivity contribution in [3.05, 3.63) is 59.2 Å². The molecular formula is C24H22F2N2O5S. The van der Waals surface area contributed by atoms with Gasteiger partial charge in [-0.15, -0.1) is 0 Å². The number of ether oxygens (including phenoxy) is 2. The topological polar surface area (TPSA) is 84.9 Å². The lowest BCUT2D eigenvalue weighted by atomic mass is 9.89. The number of alkyl halides is 2. The largest absolute Gasteiger partial charge is 0.493 e. The second kappa shape index (κ2) is 8.57. The highest BCUT2D eigenvalue weighted by molar-refractivity contribution is 8.15. The fourth-order valence-electron chi connectivity index (χ4n) is 4.68. The number of thioether (sulfide) groups is 1. The summed E-state index contributed by atoms with van der Waals surface area (Å²) < 4.78 is 39.4. The average molecular weight is 489 g/mol. The monoisotopic (exact) mass is 488 g/mol. The number of amides is 3. The van der Waals surface area contributed by atoms with Crippen LogP contribution in [0.25, 0.3) is 0 Å². The lowest BCUT2D eigenvalue weighted by molar-refractivity contribution is -0.119. The maximum atomic E-state index is 13.7. The van der Waals surface area contributed by atoms with Gasteiger partial charge in [0.05, 0.1) is 19.7 Å². The van der Waals surface area contributed by atoms with Gasteiger partial charge in [0.15, 0.2) is 0 Å². The fourth-order valence-corrected chi connectivity index (χ4v) is 5.68. The van der Waals surface area contributed by atoms with Crippen molar-refractivity contribution in [2.75, 3.05) is 19.7 Å². The van der Waals surface area contributed by atoms with Crippen LogP contribution in [0.4, 0.5) is 13.6 Å². The standard InChI is InChI=1S/C24H22F2N2O5S/c1-24(25,26)12-28-11-19(14-4-2-3-5-17(14)22(28)30)33-13-6-7-15-16(8-9-32-18(15)10-13)20-21(29)27-23(31)34-20/h2-7,10,16,19-20H,8-9,11-12H2,1H3,(H,27,29,31)/t16-,19?,20?/m1/s1. The maximum absolute atomic E-state index is 13.7. The molecule has 1 N–H and O–H groups in total. The Morgan fingerprint density at radius 3 is 2.71 bits per heavy atom. The zero-order valence-electron chi connectivity index (χ0n) is 18.3. The molecule has 7 nitrogen and oxygen atoms in total. The summed E-state index contributed by atoms with van der Waals surface area (Å²) in [7, 11) is 0. The van der Waals surface area contributed by atoms with E-state index >= 15 is 0 Å². The second-order valence-electron chi connectivity index (χ2n) is 8.71. The van der Waals surface area contributed by atoms with Gasteiger partial charge in [0, 0.05) is 30.0 Å². The fraction of sp³-hybridized carbons (Fsp3) is 0.375. The number of hydrogen-bond donors (Lipinski definition) is 1. The van der Waals surface area contributed by atoms with E-state index in [4.69, 9.17) is 9.47 Å². The number of rotatable bonds is 5. The first-order valence-corrected chi connectivity index (χ1v) is 11.8. The van der Waals surface area contributed by atoms with E-state index in [0.29, 0.717) is 35.7 Å². The van der Waals surface area contributed by atoms with Crippen LogP contribution in [0.5, 0.6) is 11.5 Å². The summed E-state index contributed by atoms with van der Waals surface area (Å²) in [6.45, 7) is 0.458. The van der Waals surface area contributed by atoms with E-state index in [1.807, 2.05) is 6.07 Å². The lowest BCUT2D eigenvalue weighted by Crippen LogP contribution is -2.46. The molecule has 2 aromatic carbocycles. The molecule has 1 saturated heterocycles. The molecule has 34 heavy (non-hydrogen) atoms. The van der Waals surface area contributed by atoms with Crippen LogP contribution in [0.1, 0.15) is 46.9 Å². The zero-order valence-corrected chi connectivity index (χ0v) is 19.1. The number of carbonyl (C=O) groups excluding carboxylic acids is 3. The summed E-state index contributed by atoms with van der Waals surface area (Å²) in [5.74, 6) is -2.95. The molecule has 1 fully saturated rings. The Bertz CT molecular complexity index is 1170. The van der Waals surface area contributed by atoms with Crippen LogP contribution in [0, 0.1) is 0 Å². The quantitative estimate of drug-likeness (QED) is 0.681. The summed E-state index contributed by atoms with van der Waals surface area (Å²) in [6, 6.07) is 12.1. The minimum absolute atomic E-state index is 0.0131. The van der Waals surface area contributed by atoms with E-state index in [0.717, 1.165) is 29.1 Å². The Morgan fingerprint density at radius 2 is 1.97 bits per heavy atom. The van der Waals surface area contributed by atoms with Crippen molar-refractivity contribution < 1.29 is 32.6 Å². The number of nitrogens with one attached hydrogen (secondary N) is 1. The van der Waals surface area contributed by atoms with Crippen LogP contribution in [0.15, 0.2) is 42.5 Å². The van der Waals surface area contributed by atoms with Crippen molar-refractivity contribution in [1.82, 2.24) is 10.2 Å². The molecule has 3 heterocycles. The molecule has 178 valence electrons. The molecule has 3 atom stereocenters. The number of carbonyl (C=O) groups is 3. The van der Waals surface area contributed by atoms with Gasteiger partial charge in [-0.1, -0.05) is 36.0 Å². The third kappa shape index (κ3) is 4.34. The van der Waals surface area contributed by atoms with Crippen LogP contribution in [0.3, 0.4) is 0 Å². The highest BCUT2D eigenvalue weighted by Gasteiger charge is 2.41. The molecule has 0 saturated carbocycles. The third-order valence-corrected chi connectivity index (χ3v) is 7.23. The molecule has 3 amide bonds. The van der Waals surface area contributed by atoms with Gasteiger partial charge >= 0.3 is 0 Å². The van der Waals surface area contributed by atoms with Crippen molar-refractivity contribution in [1.29, 1.82) is 0 Å². The Kier molecular flexibility index (Phi) is 5.71. The predicted octanol–water partition coefficient (Wildman–Crippen LogP) is 4.14. The molecule has 3 aliphatic rings. The SMILES string of the molecule is CC(F)(F)CN1CC(Oc2ccc3c(c2)OCC[C@H]3C2SC(=O)NC2=O)c2ccccc2C1=O. The molecule has 0 aliphatic carbocycles. The first-order valence-electron chi connectivity index (χ1n) is 10.9. The van der Waals surface area contributed by atoms with Crippen LogP contribution >= 0.6 is 11.8 Å². The number of hydrogen-bond acceptors (Lipinski definition) is 6. The predicted molar refractivity (Wildman–Crippen MR) is 121 cm³/mol. The smallest absolute Gasteiger partial charge is 0.286 e. The van der Waals surface area contributed by atoms with Crippen LogP contribution in [-0.4, -0.2) is 52.8 Å². The summed E-state index contributed by atoms with van der Waals surface area (Å²) in [5.41, 5.74) is 1.79. The first kappa shape index (κ1) is 22.6. The molecule has 0 bridgehead atoms. The van der Waals surface area contributed by atoms with Gasteiger partial charge in [0.2, 0.25) is 5.91 Å². The molecule has 0 aromatic heterocycles. The third-order valence-electron chi connectivity index (χ3n) is 6.11. The van der Waals surface area contributed by atoms with Crippen molar-refractivity contribution in [2.45, 2.75) is 36.5 Å². The Balaban J connectivity index is 1.41. The van der Waals surface area contributed by atoms with E-state index in [1.54, 1.807) is 36.4 Å². The van der Waals surface area contributed by atoms with Crippen LogP contribution < -0.4 is 14.8 Å². The highest BCUT2D eigenvalue weighted by Crippen LogP contribution is 2.44. The van der Waals surface area contributed by atoms with Crippen molar-refractivity contribution in [3.63, 3.8) is 0 Å².